The molecule has 2 aromatic carbocycles. The number of hydrogen-bond donors (Lipinski definition) is 1. The highest BCUT2D eigenvalue weighted by molar-refractivity contribution is 6.00. The number of hydrogen-bond acceptors (Lipinski definition) is 6. The summed E-state index contributed by atoms with van der Waals surface area (Å²) < 4.78 is 16.1. The van der Waals surface area contributed by atoms with E-state index in [2.05, 4.69) is 10.2 Å². The van der Waals surface area contributed by atoms with Crippen LogP contribution in [0.5, 0.6) is 11.5 Å². The first-order chi connectivity index (χ1) is 16.1. The lowest BCUT2D eigenvalue weighted by molar-refractivity contribution is -0.126. The predicted molar refractivity (Wildman–Crippen MR) is 125 cm³/mol. The quantitative estimate of drug-likeness (QED) is 0.661. The van der Waals surface area contributed by atoms with E-state index < -0.39 is 0 Å². The summed E-state index contributed by atoms with van der Waals surface area (Å²) in [6.07, 6.45) is 0.202. The summed E-state index contributed by atoms with van der Waals surface area (Å²) in [5.74, 6) is 0.945. The Hall–Kier alpha value is -3.10. The number of methoxy groups -OCH3 is 2. The van der Waals surface area contributed by atoms with Crippen molar-refractivity contribution in [1.29, 1.82) is 0 Å². The van der Waals surface area contributed by atoms with Crippen LogP contribution in [0.4, 0.5) is 5.69 Å². The Kier molecular flexibility index (Phi) is 7.47. The molecule has 4 rings (SSSR count). The van der Waals surface area contributed by atoms with Gasteiger partial charge in [0.2, 0.25) is 11.8 Å². The maximum atomic E-state index is 13.0. The highest BCUT2D eigenvalue weighted by atomic mass is 16.5. The van der Waals surface area contributed by atoms with Gasteiger partial charge < -0.3 is 24.4 Å². The molecule has 0 spiro atoms. The average Bonchev–Trinajstić information content (AvgIpc) is 3.27. The topological polar surface area (TPSA) is 80.3 Å². The van der Waals surface area contributed by atoms with Crippen LogP contribution in [0.1, 0.15) is 18.0 Å². The number of anilines is 1. The zero-order valence-electron chi connectivity index (χ0n) is 19.2. The van der Waals surface area contributed by atoms with Gasteiger partial charge in [-0.05, 0) is 29.8 Å². The Balaban J connectivity index is 1.41. The highest BCUT2D eigenvalue weighted by Crippen LogP contribution is 2.28. The smallest absolute Gasteiger partial charge is 0.227 e. The summed E-state index contributed by atoms with van der Waals surface area (Å²) in [5, 5.41) is 3.11. The second-order valence-corrected chi connectivity index (χ2v) is 8.29. The van der Waals surface area contributed by atoms with Gasteiger partial charge in [0.15, 0.2) is 0 Å². The zero-order valence-corrected chi connectivity index (χ0v) is 19.2. The lowest BCUT2D eigenvalue weighted by Gasteiger charge is -2.35. The Morgan fingerprint density at radius 2 is 1.82 bits per heavy atom. The standard InChI is InChI=1S/C25H31N3O5/c1-31-21-8-6-18(7-9-21)23(27-10-12-33-13-11-27)16-26-25(30)19-14-24(29)28(17-19)20-4-3-5-22(15-20)32-2/h3-9,15,19,23H,10-14,16-17H2,1-2H3,(H,26,30). The molecule has 2 heterocycles. The summed E-state index contributed by atoms with van der Waals surface area (Å²) in [6, 6.07) is 15.3. The van der Waals surface area contributed by atoms with Crippen molar-refractivity contribution in [2.75, 3.05) is 58.5 Å². The molecule has 0 aliphatic carbocycles. The monoisotopic (exact) mass is 453 g/mol. The molecule has 0 saturated carbocycles. The first-order valence-corrected chi connectivity index (χ1v) is 11.3. The Bertz CT molecular complexity index is 959. The van der Waals surface area contributed by atoms with E-state index in [1.165, 1.54) is 0 Å². The zero-order chi connectivity index (χ0) is 23.2. The van der Waals surface area contributed by atoms with Gasteiger partial charge in [-0.25, -0.2) is 0 Å². The molecular formula is C25H31N3O5. The van der Waals surface area contributed by atoms with Crippen molar-refractivity contribution in [3.63, 3.8) is 0 Å². The van der Waals surface area contributed by atoms with Crippen LogP contribution < -0.4 is 19.7 Å². The van der Waals surface area contributed by atoms with E-state index in [0.29, 0.717) is 32.1 Å². The largest absolute Gasteiger partial charge is 0.497 e. The Labute approximate surface area is 194 Å². The molecule has 8 heteroatoms. The molecule has 2 amide bonds. The van der Waals surface area contributed by atoms with Crippen molar-refractivity contribution in [3.05, 3.63) is 54.1 Å². The molecule has 0 aromatic heterocycles. The Morgan fingerprint density at radius 3 is 2.52 bits per heavy atom. The molecule has 176 valence electrons. The van der Waals surface area contributed by atoms with Crippen LogP contribution in [0.3, 0.4) is 0 Å². The number of amides is 2. The van der Waals surface area contributed by atoms with Crippen LogP contribution >= 0.6 is 0 Å². The predicted octanol–water partition coefficient (Wildman–Crippen LogP) is 2.25. The third kappa shape index (κ3) is 5.46. The van der Waals surface area contributed by atoms with Crippen molar-refractivity contribution in [2.45, 2.75) is 12.5 Å². The maximum absolute atomic E-state index is 13.0. The fourth-order valence-electron chi connectivity index (χ4n) is 4.43. The normalized spacial score (nSPS) is 19.9. The molecule has 2 aromatic rings. The fraction of sp³-hybridized carbons (Fsp3) is 0.440. The molecule has 1 N–H and O–H groups in total. The minimum Gasteiger partial charge on any atom is -0.497 e. The summed E-state index contributed by atoms with van der Waals surface area (Å²) in [6.45, 7) is 3.79. The van der Waals surface area contributed by atoms with Crippen molar-refractivity contribution < 1.29 is 23.8 Å². The number of benzene rings is 2. The van der Waals surface area contributed by atoms with Gasteiger partial charge in [-0.1, -0.05) is 18.2 Å². The van der Waals surface area contributed by atoms with E-state index in [-0.39, 0.29) is 30.2 Å². The van der Waals surface area contributed by atoms with Crippen LogP contribution in [-0.2, 0) is 14.3 Å². The number of carbonyl (C=O) groups is 2. The lowest BCUT2D eigenvalue weighted by Crippen LogP contribution is -2.45. The Morgan fingerprint density at radius 1 is 1.09 bits per heavy atom. The van der Waals surface area contributed by atoms with Gasteiger partial charge in [0, 0.05) is 44.4 Å². The summed E-state index contributed by atoms with van der Waals surface area (Å²) in [5.41, 5.74) is 1.86. The summed E-state index contributed by atoms with van der Waals surface area (Å²) in [7, 11) is 3.24. The number of nitrogens with zero attached hydrogens (tertiary/aromatic N) is 2. The molecule has 2 aliphatic rings. The fourth-order valence-corrected chi connectivity index (χ4v) is 4.43. The van der Waals surface area contributed by atoms with Gasteiger partial charge in [-0.2, -0.15) is 0 Å². The van der Waals surface area contributed by atoms with Gasteiger partial charge in [0.25, 0.3) is 0 Å². The van der Waals surface area contributed by atoms with Crippen LogP contribution in [-0.4, -0.2) is 70.3 Å². The van der Waals surface area contributed by atoms with E-state index >= 15 is 0 Å². The highest BCUT2D eigenvalue weighted by Gasteiger charge is 2.35. The van der Waals surface area contributed by atoms with Crippen LogP contribution in [0.25, 0.3) is 0 Å². The second kappa shape index (κ2) is 10.7. The van der Waals surface area contributed by atoms with E-state index in [1.807, 2.05) is 48.5 Å². The van der Waals surface area contributed by atoms with Crippen molar-refractivity contribution >= 4 is 17.5 Å². The van der Waals surface area contributed by atoms with Gasteiger partial charge in [-0.3, -0.25) is 14.5 Å². The average molecular weight is 454 g/mol. The third-order valence-electron chi connectivity index (χ3n) is 6.32. The van der Waals surface area contributed by atoms with E-state index in [0.717, 1.165) is 30.1 Å². The van der Waals surface area contributed by atoms with Gasteiger partial charge >= 0.3 is 0 Å². The molecular weight excluding hydrogens is 422 g/mol. The van der Waals surface area contributed by atoms with Crippen molar-refractivity contribution in [1.82, 2.24) is 10.2 Å². The first-order valence-electron chi connectivity index (χ1n) is 11.3. The molecule has 0 bridgehead atoms. The number of ether oxygens (including phenoxy) is 3. The van der Waals surface area contributed by atoms with E-state index in [4.69, 9.17) is 14.2 Å². The number of carbonyl (C=O) groups excluding carboxylic acids is 2. The summed E-state index contributed by atoms with van der Waals surface area (Å²) >= 11 is 0. The van der Waals surface area contributed by atoms with Crippen LogP contribution in [0.15, 0.2) is 48.5 Å². The first kappa shape index (κ1) is 23.1. The molecule has 2 fully saturated rings. The van der Waals surface area contributed by atoms with E-state index in [1.54, 1.807) is 19.1 Å². The number of nitrogens with one attached hydrogen (secondary N) is 1. The molecule has 33 heavy (non-hydrogen) atoms. The molecule has 2 unspecified atom stereocenters. The van der Waals surface area contributed by atoms with Crippen molar-refractivity contribution in [3.8, 4) is 11.5 Å². The lowest BCUT2D eigenvalue weighted by atomic mass is 10.0. The SMILES string of the molecule is COc1ccc(C(CNC(=O)C2CC(=O)N(c3cccc(OC)c3)C2)N2CCOCC2)cc1. The van der Waals surface area contributed by atoms with Crippen LogP contribution in [0.2, 0.25) is 0 Å². The third-order valence-corrected chi connectivity index (χ3v) is 6.32. The maximum Gasteiger partial charge on any atom is 0.227 e. The van der Waals surface area contributed by atoms with Gasteiger partial charge in [0.1, 0.15) is 11.5 Å². The molecule has 8 nitrogen and oxygen atoms in total. The van der Waals surface area contributed by atoms with Gasteiger partial charge in [-0.15, -0.1) is 0 Å². The minimum absolute atomic E-state index is 0.0235. The van der Waals surface area contributed by atoms with Crippen LogP contribution in [0, 0.1) is 5.92 Å². The molecule has 2 aliphatic heterocycles. The molecule has 2 saturated heterocycles. The summed E-state index contributed by atoms with van der Waals surface area (Å²) in [4.78, 5) is 29.6. The van der Waals surface area contributed by atoms with Crippen molar-refractivity contribution in [2.24, 2.45) is 5.92 Å². The van der Waals surface area contributed by atoms with E-state index in [9.17, 15) is 9.59 Å². The van der Waals surface area contributed by atoms with Gasteiger partial charge in [0.05, 0.1) is 39.4 Å². The second-order valence-electron chi connectivity index (χ2n) is 8.29. The number of rotatable bonds is 8. The molecule has 2 atom stereocenters. The molecule has 0 radical (unpaired) electrons. The minimum atomic E-state index is -0.384. The number of morpholine rings is 1.